The second-order valence-corrected chi connectivity index (χ2v) is 0.207. The van der Waals surface area contributed by atoms with Gasteiger partial charge in [0.2, 0.25) is 0 Å². The first-order chi connectivity index (χ1) is 1.41. The third-order valence-electron chi connectivity index (χ3n) is 0. The van der Waals surface area contributed by atoms with E-state index < -0.39 is 0 Å². The number of nitroso groups, excluding NO2 is 1. The molecule has 0 saturated carbocycles. The van der Waals surface area contributed by atoms with Crippen molar-refractivity contribution < 1.29 is 19.5 Å². The van der Waals surface area contributed by atoms with Gasteiger partial charge in [-0.3, -0.25) is 0 Å². The van der Waals surface area contributed by atoms with Crippen molar-refractivity contribution in [1.29, 1.82) is 0 Å². The van der Waals surface area contributed by atoms with E-state index >= 15 is 0 Å². The molecule has 0 unspecified atom stereocenters. The first kappa shape index (κ1) is 8.82. The monoisotopic (exact) mass is 168 g/mol. The second kappa shape index (κ2) is 9.69. The Morgan fingerprint density at radius 3 is 1.75 bits per heavy atom. The Kier molecular flexibility index (Phi) is 21.4. The van der Waals surface area contributed by atoms with E-state index in [0.717, 1.165) is 0 Å². The molecular formula is ClNORh. The Balaban J connectivity index is 0. The molecule has 0 spiro atoms. The van der Waals surface area contributed by atoms with Crippen molar-refractivity contribution in [3.8, 4) is 0 Å². The first-order valence-electron chi connectivity index (χ1n) is 0.352. The molecular weight excluding hydrogens is 168 g/mol. The van der Waals surface area contributed by atoms with Gasteiger partial charge in [-0.25, -0.2) is 0 Å². The second-order valence-electron chi connectivity index (χ2n) is 0.0690. The van der Waals surface area contributed by atoms with E-state index in [1.54, 1.807) is 4.70 Å². The normalized spacial score (nSPS) is 3.25. The van der Waals surface area contributed by atoms with Gasteiger partial charge in [-0.05, 0) is 0 Å². The summed E-state index contributed by atoms with van der Waals surface area (Å²) in [5.74, 6) is 0. The molecule has 0 N–H and O–H groups in total. The zero-order chi connectivity index (χ0) is 2.71. The SMILES string of the molecule is O=NCl.[Rh]. The maximum Gasteiger partial charge on any atom is 0.0835 e. The Morgan fingerprint density at radius 1 is 1.75 bits per heavy atom. The van der Waals surface area contributed by atoms with Gasteiger partial charge < -0.3 is 0 Å². The molecule has 4 heteroatoms. The van der Waals surface area contributed by atoms with Crippen molar-refractivity contribution in [3.63, 3.8) is 0 Å². The molecule has 27 valence electrons. The first-order valence-corrected chi connectivity index (χ1v) is 0.690. The third-order valence-corrected chi connectivity index (χ3v) is 0. The summed E-state index contributed by atoms with van der Waals surface area (Å²) in [6.07, 6.45) is 0. The van der Waals surface area contributed by atoms with Crippen LogP contribution in [0.5, 0.6) is 0 Å². The van der Waals surface area contributed by atoms with Crippen LogP contribution in [-0.4, -0.2) is 0 Å². The van der Waals surface area contributed by atoms with E-state index in [4.69, 9.17) is 4.91 Å². The summed E-state index contributed by atoms with van der Waals surface area (Å²) in [6.45, 7) is 0. The largest absolute Gasteiger partial charge is 0.131 e. The summed E-state index contributed by atoms with van der Waals surface area (Å²) in [5, 5.41) is 0. The molecule has 0 atom stereocenters. The molecule has 4 heavy (non-hydrogen) atoms. The minimum atomic E-state index is 0. The van der Waals surface area contributed by atoms with Crippen LogP contribution in [0.15, 0.2) is 4.70 Å². The zero-order valence-corrected chi connectivity index (χ0v) is 3.96. The number of nitrogens with zero attached hydrogens (tertiary/aromatic N) is 1. The molecule has 2 nitrogen and oxygen atoms in total. The zero-order valence-electron chi connectivity index (χ0n) is 1.57. The van der Waals surface area contributed by atoms with E-state index in [9.17, 15) is 0 Å². The summed E-state index contributed by atoms with van der Waals surface area (Å²) >= 11 is 4.07. The van der Waals surface area contributed by atoms with Crippen LogP contribution in [-0.2, 0) is 19.5 Å². The summed E-state index contributed by atoms with van der Waals surface area (Å²) in [5.41, 5.74) is 0. The van der Waals surface area contributed by atoms with Crippen LogP contribution in [0.3, 0.4) is 0 Å². The molecule has 0 heterocycles. The van der Waals surface area contributed by atoms with Gasteiger partial charge in [-0.15, -0.1) is 4.91 Å². The Bertz CT molecular complexity index is 15.5. The minimum Gasteiger partial charge on any atom is -0.131 e. The molecule has 0 aliphatic rings. The van der Waals surface area contributed by atoms with Crippen LogP contribution in [0, 0.1) is 4.91 Å². The quantitative estimate of drug-likeness (QED) is 0.390. The molecule has 0 aromatic heterocycles. The molecule has 0 rings (SSSR count). The topological polar surface area (TPSA) is 29.4 Å². The number of halogens is 1. The Labute approximate surface area is 41.4 Å². The van der Waals surface area contributed by atoms with E-state index in [1.165, 1.54) is 0 Å². The molecule has 0 aliphatic heterocycles. The number of hydrogen-bond donors (Lipinski definition) is 0. The molecule has 0 amide bonds. The van der Waals surface area contributed by atoms with Gasteiger partial charge >= 0.3 is 0 Å². The van der Waals surface area contributed by atoms with E-state index in [-0.39, 0.29) is 19.5 Å². The molecule has 0 bridgehead atoms. The van der Waals surface area contributed by atoms with E-state index in [1.807, 2.05) is 0 Å². The molecule has 0 aromatic carbocycles. The fourth-order valence-electron chi connectivity index (χ4n) is 0. The van der Waals surface area contributed by atoms with Crippen molar-refractivity contribution in [2.24, 2.45) is 4.70 Å². The number of hydrogen-bond acceptors (Lipinski definition) is 2. The van der Waals surface area contributed by atoms with Crippen LogP contribution < -0.4 is 0 Å². The number of rotatable bonds is 0. The van der Waals surface area contributed by atoms with E-state index in [2.05, 4.69) is 11.8 Å². The smallest absolute Gasteiger partial charge is 0.0835 e. The van der Waals surface area contributed by atoms with Gasteiger partial charge in [0.15, 0.2) is 0 Å². The molecule has 0 aliphatic carbocycles. The fraction of sp³-hybridized carbons (Fsp3) is 0. The van der Waals surface area contributed by atoms with Gasteiger partial charge in [-0.1, -0.05) is 0 Å². The summed E-state index contributed by atoms with van der Waals surface area (Å²) in [6, 6.07) is 0. The Hall–Kier alpha value is 0.513. The summed E-state index contributed by atoms with van der Waals surface area (Å²) in [7, 11) is 0. The average Bonchev–Trinajstić information content (AvgIpc) is 0.918. The van der Waals surface area contributed by atoms with Crippen molar-refractivity contribution in [2.45, 2.75) is 0 Å². The van der Waals surface area contributed by atoms with Gasteiger partial charge in [0.25, 0.3) is 0 Å². The van der Waals surface area contributed by atoms with Crippen molar-refractivity contribution in [1.82, 2.24) is 0 Å². The molecule has 1 radical (unpaired) electrons. The van der Waals surface area contributed by atoms with Gasteiger partial charge in [0, 0.05) is 24.2 Å². The van der Waals surface area contributed by atoms with Gasteiger partial charge in [0.05, 0.1) is 11.8 Å². The van der Waals surface area contributed by atoms with Crippen molar-refractivity contribution in [3.05, 3.63) is 4.91 Å². The molecule has 0 aromatic rings. The summed E-state index contributed by atoms with van der Waals surface area (Å²) < 4.78 is 1.72. The van der Waals surface area contributed by atoms with Crippen LogP contribution in [0.4, 0.5) is 0 Å². The predicted molar refractivity (Wildman–Crippen MR) is 11.6 cm³/mol. The maximum atomic E-state index is 8.32. The predicted octanol–water partition coefficient (Wildman–Crippen LogP) is 0.904. The Morgan fingerprint density at radius 2 is 1.75 bits per heavy atom. The van der Waals surface area contributed by atoms with Crippen LogP contribution >= 0.6 is 11.8 Å². The fourth-order valence-corrected chi connectivity index (χ4v) is 0. The summed E-state index contributed by atoms with van der Waals surface area (Å²) in [4.78, 5) is 8.32. The molecule has 0 saturated heterocycles. The van der Waals surface area contributed by atoms with Gasteiger partial charge in [-0.2, -0.15) is 0 Å². The van der Waals surface area contributed by atoms with Crippen LogP contribution in [0.1, 0.15) is 0 Å². The molecule has 0 fully saturated rings. The standard InChI is InChI=1S/ClNO.Rh/c1-2-3;. The third kappa shape index (κ3) is 21.8. The van der Waals surface area contributed by atoms with Crippen LogP contribution in [0.25, 0.3) is 0 Å². The van der Waals surface area contributed by atoms with Crippen molar-refractivity contribution in [2.75, 3.05) is 0 Å². The van der Waals surface area contributed by atoms with E-state index in [0.29, 0.717) is 0 Å². The average molecular weight is 168 g/mol. The van der Waals surface area contributed by atoms with Crippen LogP contribution in [0.2, 0.25) is 0 Å². The van der Waals surface area contributed by atoms with Gasteiger partial charge in [0.1, 0.15) is 0 Å². The minimum absolute atomic E-state index is 0. The van der Waals surface area contributed by atoms with Crippen molar-refractivity contribution >= 4 is 11.8 Å². The maximum absolute atomic E-state index is 8.32.